The molecular weight excluding hydrogens is 228 g/mol. The fraction of sp³-hybridized carbons (Fsp3) is 0.600. The SMILES string of the molecule is CCCOc1ccc([C@@H]2CO[C@@H](CC)CO2)cc1. The molecule has 2 rings (SSSR count). The van der Waals surface area contributed by atoms with Crippen molar-refractivity contribution in [2.24, 2.45) is 0 Å². The zero-order chi connectivity index (χ0) is 12.8. The standard InChI is InChI=1S/C15H22O3/c1-3-9-16-14-7-5-12(6-8-14)15-11-17-13(4-2)10-18-15/h5-8,13,15H,3-4,9-11H2,1-2H3/t13-,15-/m0/s1. The summed E-state index contributed by atoms with van der Waals surface area (Å²) in [4.78, 5) is 0. The molecule has 0 amide bonds. The van der Waals surface area contributed by atoms with Gasteiger partial charge >= 0.3 is 0 Å². The van der Waals surface area contributed by atoms with Crippen LogP contribution in [0, 0.1) is 0 Å². The molecule has 0 radical (unpaired) electrons. The number of ether oxygens (including phenoxy) is 3. The lowest BCUT2D eigenvalue weighted by atomic mass is 10.1. The molecule has 0 spiro atoms. The van der Waals surface area contributed by atoms with Crippen LogP contribution in [0.1, 0.15) is 38.4 Å². The molecule has 18 heavy (non-hydrogen) atoms. The summed E-state index contributed by atoms with van der Waals surface area (Å²) in [6.45, 7) is 6.32. The van der Waals surface area contributed by atoms with Crippen LogP contribution in [-0.4, -0.2) is 25.9 Å². The van der Waals surface area contributed by atoms with Crippen LogP contribution in [0.3, 0.4) is 0 Å². The molecule has 1 aromatic rings. The van der Waals surface area contributed by atoms with Gasteiger partial charge in [-0.05, 0) is 30.5 Å². The minimum Gasteiger partial charge on any atom is -0.494 e. The molecule has 1 heterocycles. The van der Waals surface area contributed by atoms with Crippen molar-refractivity contribution in [2.75, 3.05) is 19.8 Å². The second kappa shape index (κ2) is 6.76. The van der Waals surface area contributed by atoms with Crippen LogP contribution in [-0.2, 0) is 9.47 Å². The monoisotopic (exact) mass is 250 g/mol. The Bertz CT molecular complexity index is 339. The fourth-order valence-electron chi connectivity index (χ4n) is 1.97. The second-order valence-corrected chi connectivity index (χ2v) is 4.60. The van der Waals surface area contributed by atoms with Gasteiger partial charge in [-0.25, -0.2) is 0 Å². The van der Waals surface area contributed by atoms with Crippen LogP contribution >= 0.6 is 0 Å². The third kappa shape index (κ3) is 3.47. The van der Waals surface area contributed by atoms with E-state index in [1.807, 2.05) is 12.1 Å². The van der Waals surface area contributed by atoms with E-state index in [-0.39, 0.29) is 12.2 Å². The summed E-state index contributed by atoms with van der Waals surface area (Å²) in [6, 6.07) is 8.12. The van der Waals surface area contributed by atoms with Crippen molar-refractivity contribution >= 4 is 0 Å². The maximum Gasteiger partial charge on any atom is 0.119 e. The Balaban J connectivity index is 1.89. The summed E-state index contributed by atoms with van der Waals surface area (Å²) >= 11 is 0. The molecule has 0 unspecified atom stereocenters. The Morgan fingerprint density at radius 1 is 1.11 bits per heavy atom. The highest BCUT2D eigenvalue weighted by Gasteiger charge is 2.22. The predicted molar refractivity (Wildman–Crippen MR) is 71.0 cm³/mol. The number of hydrogen-bond donors (Lipinski definition) is 0. The largest absolute Gasteiger partial charge is 0.494 e. The van der Waals surface area contributed by atoms with Gasteiger partial charge in [0.05, 0.1) is 25.9 Å². The first kappa shape index (κ1) is 13.4. The normalized spacial score (nSPS) is 23.9. The summed E-state index contributed by atoms with van der Waals surface area (Å²) in [5, 5.41) is 0. The summed E-state index contributed by atoms with van der Waals surface area (Å²) in [7, 11) is 0. The van der Waals surface area contributed by atoms with E-state index in [1.165, 1.54) is 0 Å². The molecular formula is C15H22O3. The van der Waals surface area contributed by atoms with E-state index in [4.69, 9.17) is 14.2 Å². The molecule has 0 saturated carbocycles. The molecule has 1 fully saturated rings. The Hall–Kier alpha value is -1.06. The van der Waals surface area contributed by atoms with Gasteiger partial charge in [-0.2, -0.15) is 0 Å². The number of benzene rings is 1. The molecule has 3 nitrogen and oxygen atoms in total. The van der Waals surface area contributed by atoms with Crippen molar-refractivity contribution < 1.29 is 14.2 Å². The third-order valence-electron chi connectivity index (χ3n) is 3.15. The Labute approximate surface area is 109 Å². The van der Waals surface area contributed by atoms with Crippen LogP contribution in [0.4, 0.5) is 0 Å². The topological polar surface area (TPSA) is 27.7 Å². The van der Waals surface area contributed by atoms with Crippen molar-refractivity contribution in [3.8, 4) is 5.75 Å². The van der Waals surface area contributed by atoms with Crippen LogP contribution < -0.4 is 4.74 Å². The van der Waals surface area contributed by atoms with Gasteiger partial charge in [0.2, 0.25) is 0 Å². The highest BCUT2D eigenvalue weighted by Crippen LogP contribution is 2.25. The maximum absolute atomic E-state index is 5.82. The van der Waals surface area contributed by atoms with Gasteiger partial charge in [-0.15, -0.1) is 0 Å². The van der Waals surface area contributed by atoms with Crippen molar-refractivity contribution in [3.63, 3.8) is 0 Å². The molecule has 100 valence electrons. The van der Waals surface area contributed by atoms with Crippen LogP contribution in [0.25, 0.3) is 0 Å². The molecule has 0 bridgehead atoms. The second-order valence-electron chi connectivity index (χ2n) is 4.60. The average molecular weight is 250 g/mol. The van der Waals surface area contributed by atoms with Gasteiger partial charge in [0.25, 0.3) is 0 Å². The molecule has 1 saturated heterocycles. The lowest BCUT2D eigenvalue weighted by Crippen LogP contribution is -2.30. The molecule has 2 atom stereocenters. The summed E-state index contributed by atoms with van der Waals surface area (Å²) in [5.41, 5.74) is 1.16. The number of hydrogen-bond acceptors (Lipinski definition) is 3. The van der Waals surface area contributed by atoms with E-state index in [1.54, 1.807) is 0 Å². The molecule has 0 N–H and O–H groups in total. The summed E-state index contributed by atoms with van der Waals surface area (Å²) in [5.74, 6) is 0.920. The number of rotatable bonds is 5. The van der Waals surface area contributed by atoms with Crippen molar-refractivity contribution in [2.45, 2.75) is 38.9 Å². The first-order valence-electron chi connectivity index (χ1n) is 6.79. The van der Waals surface area contributed by atoms with Gasteiger partial charge in [0.15, 0.2) is 0 Å². The quantitative estimate of drug-likeness (QED) is 0.802. The van der Waals surface area contributed by atoms with E-state index in [0.717, 1.165) is 30.8 Å². The minimum atomic E-state index is 0.0630. The lowest BCUT2D eigenvalue weighted by Gasteiger charge is -2.29. The van der Waals surface area contributed by atoms with Gasteiger partial charge in [0, 0.05) is 0 Å². The Morgan fingerprint density at radius 3 is 2.44 bits per heavy atom. The van der Waals surface area contributed by atoms with E-state index in [9.17, 15) is 0 Å². The smallest absolute Gasteiger partial charge is 0.119 e. The molecule has 0 aliphatic carbocycles. The minimum absolute atomic E-state index is 0.0630. The Morgan fingerprint density at radius 2 is 1.89 bits per heavy atom. The molecule has 3 heteroatoms. The van der Waals surface area contributed by atoms with Crippen molar-refractivity contribution in [1.29, 1.82) is 0 Å². The maximum atomic E-state index is 5.82. The van der Waals surface area contributed by atoms with Crippen LogP contribution in [0.5, 0.6) is 5.75 Å². The summed E-state index contributed by atoms with van der Waals surface area (Å²) in [6.07, 6.45) is 2.36. The lowest BCUT2D eigenvalue weighted by molar-refractivity contribution is -0.135. The molecule has 1 aliphatic heterocycles. The molecule has 1 aliphatic rings. The zero-order valence-electron chi connectivity index (χ0n) is 11.2. The van der Waals surface area contributed by atoms with Crippen LogP contribution in [0.15, 0.2) is 24.3 Å². The first-order chi connectivity index (χ1) is 8.83. The molecule has 0 aromatic heterocycles. The van der Waals surface area contributed by atoms with E-state index in [0.29, 0.717) is 13.2 Å². The van der Waals surface area contributed by atoms with E-state index < -0.39 is 0 Å². The summed E-state index contributed by atoms with van der Waals surface area (Å²) < 4.78 is 17.1. The van der Waals surface area contributed by atoms with Gasteiger partial charge in [-0.3, -0.25) is 0 Å². The van der Waals surface area contributed by atoms with Gasteiger partial charge < -0.3 is 14.2 Å². The highest BCUT2D eigenvalue weighted by atomic mass is 16.6. The highest BCUT2D eigenvalue weighted by molar-refractivity contribution is 5.28. The molecule has 1 aromatic carbocycles. The van der Waals surface area contributed by atoms with E-state index >= 15 is 0 Å². The van der Waals surface area contributed by atoms with Gasteiger partial charge in [-0.1, -0.05) is 26.0 Å². The third-order valence-corrected chi connectivity index (χ3v) is 3.15. The van der Waals surface area contributed by atoms with Crippen molar-refractivity contribution in [1.82, 2.24) is 0 Å². The Kier molecular flexibility index (Phi) is 5.02. The van der Waals surface area contributed by atoms with Gasteiger partial charge in [0.1, 0.15) is 11.9 Å². The fourth-order valence-corrected chi connectivity index (χ4v) is 1.97. The zero-order valence-corrected chi connectivity index (χ0v) is 11.2. The van der Waals surface area contributed by atoms with E-state index in [2.05, 4.69) is 26.0 Å². The first-order valence-corrected chi connectivity index (χ1v) is 6.79. The van der Waals surface area contributed by atoms with Crippen LogP contribution in [0.2, 0.25) is 0 Å². The predicted octanol–water partition coefficient (Wildman–Crippen LogP) is 3.34. The average Bonchev–Trinajstić information content (AvgIpc) is 2.46. The van der Waals surface area contributed by atoms with Crippen molar-refractivity contribution in [3.05, 3.63) is 29.8 Å².